The predicted molar refractivity (Wildman–Crippen MR) is 152 cm³/mol. The van der Waals surface area contributed by atoms with Crippen molar-refractivity contribution < 1.29 is 32.3 Å². The van der Waals surface area contributed by atoms with Gasteiger partial charge in [0.25, 0.3) is 0 Å². The van der Waals surface area contributed by atoms with Gasteiger partial charge in [-0.15, -0.1) is 0 Å². The molecule has 1 unspecified atom stereocenters. The van der Waals surface area contributed by atoms with E-state index in [2.05, 4.69) is 29.4 Å². The Morgan fingerprint density at radius 2 is 1.46 bits per heavy atom. The van der Waals surface area contributed by atoms with Gasteiger partial charge in [-0.3, -0.25) is 0 Å². The van der Waals surface area contributed by atoms with Crippen molar-refractivity contribution in [1.29, 1.82) is 0 Å². The van der Waals surface area contributed by atoms with Gasteiger partial charge in [-0.25, -0.2) is 13.2 Å². The minimum Gasteiger partial charge on any atom is -0.464 e. The van der Waals surface area contributed by atoms with Crippen molar-refractivity contribution in [3.8, 4) is 0 Å². The Balaban J connectivity index is 1.14. The number of carbonyl (C=O) groups excluding carboxylic acids is 1. The molecule has 2 aliphatic carbocycles. The predicted octanol–water partition coefficient (Wildman–Crippen LogP) is 5.54. The van der Waals surface area contributed by atoms with Crippen molar-refractivity contribution in [3.05, 3.63) is 102 Å². The quantitative estimate of drug-likeness (QED) is 0.188. The Hall–Kier alpha value is -3.53. The average molecular weight is 576 g/mol. The first-order valence-electron chi connectivity index (χ1n) is 14.0. The van der Waals surface area contributed by atoms with E-state index in [0.717, 1.165) is 24.0 Å². The molecule has 1 heterocycles. The molecule has 1 saturated heterocycles. The fourth-order valence-corrected chi connectivity index (χ4v) is 7.35. The van der Waals surface area contributed by atoms with Crippen LogP contribution in [0.1, 0.15) is 61.0 Å². The zero-order valence-electron chi connectivity index (χ0n) is 22.8. The third kappa shape index (κ3) is 5.80. The lowest BCUT2D eigenvalue weighted by molar-refractivity contribution is -0.173. The molecule has 0 aromatic heterocycles. The van der Waals surface area contributed by atoms with Gasteiger partial charge in [-0.2, -0.15) is 0 Å². The molecular formula is C32H33NO7S. The van der Waals surface area contributed by atoms with Gasteiger partial charge in [0.1, 0.15) is 18.8 Å². The van der Waals surface area contributed by atoms with Gasteiger partial charge in [0.2, 0.25) is 0 Å². The molecule has 6 rings (SSSR count). The van der Waals surface area contributed by atoms with Gasteiger partial charge in [0.05, 0.1) is 17.3 Å². The molecule has 0 bridgehead atoms. The van der Waals surface area contributed by atoms with E-state index in [9.17, 15) is 13.2 Å². The third-order valence-electron chi connectivity index (χ3n) is 8.01. The Bertz CT molecular complexity index is 1460. The second kappa shape index (κ2) is 11.4. The number of hydrogen-bond acceptors (Lipinski definition) is 8. The topological polar surface area (TPSA) is 100 Å². The monoisotopic (exact) mass is 575 g/mol. The fourth-order valence-electron chi connectivity index (χ4n) is 5.69. The van der Waals surface area contributed by atoms with Crippen LogP contribution in [0, 0.1) is 5.92 Å². The molecule has 2 saturated carbocycles. The summed E-state index contributed by atoms with van der Waals surface area (Å²) < 4.78 is 43.3. The zero-order valence-corrected chi connectivity index (χ0v) is 23.7. The highest BCUT2D eigenvalue weighted by atomic mass is 32.2. The number of sulfone groups is 1. The molecule has 8 nitrogen and oxygen atoms in total. The van der Waals surface area contributed by atoms with Gasteiger partial charge in [0, 0.05) is 24.3 Å². The molecule has 3 fully saturated rings. The Kier molecular flexibility index (Phi) is 7.68. The lowest BCUT2D eigenvalue weighted by Gasteiger charge is -2.23. The van der Waals surface area contributed by atoms with Gasteiger partial charge in [-0.1, -0.05) is 78.0 Å². The van der Waals surface area contributed by atoms with Crippen molar-refractivity contribution in [3.63, 3.8) is 0 Å². The first-order valence-corrected chi connectivity index (χ1v) is 15.5. The van der Waals surface area contributed by atoms with Crippen molar-refractivity contribution in [2.75, 3.05) is 13.7 Å². The number of ether oxygens (including phenoxy) is 3. The van der Waals surface area contributed by atoms with E-state index in [1.165, 1.54) is 19.2 Å². The molecule has 3 atom stereocenters. The van der Waals surface area contributed by atoms with Gasteiger partial charge in [-0.05, 0) is 42.5 Å². The van der Waals surface area contributed by atoms with Crippen LogP contribution in [0.4, 0.5) is 0 Å². The minimum atomic E-state index is -3.33. The Morgan fingerprint density at radius 3 is 2.00 bits per heavy atom. The summed E-state index contributed by atoms with van der Waals surface area (Å²) in [5, 5.41) is 3.81. The number of oxime groups is 1. The van der Waals surface area contributed by atoms with Crippen LogP contribution >= 0.6 is 0 Å². The highest BCUT2D eigenvalue weighted by molar-refractivity contribution is 7.92. The molecule has 214 valence electrons. The van der Waals surface area contributed by atoms with Crippen LogP contribution in [-0.4, -0.2) is 44.9 Å². The van der Waals surface area contributed by atoms with Crippen LogP contribution in [0.5, 0.6) is 0 Å². The summed E-state index contributed by atoms with van der Waals surface area (Å²) >= 11 is 0. The lowest BCUT2D eigenvalue weighted by atomic mass is 9.99. The molecule has 3 aliphatic rings. The molecule has 0 radical (unpaired) electrons. The second-order valence-electron chi connectivity index (χ2n) is 10.9. The molecule has 0 amide bonds. The highest BCUT2D eigenvalue weighted by Crippen LogP contribution is 2.54. The van der Waals surface area contributed by atoms with E-state index in [0.29, 0.717) is 24.8 Å². The first kappa shape index (κ1) is 27.6. The van der Waals surface area contributed by atoms with Crippen molar-refractivity contribution >= 4 is 21.5 Å². The molecule has 1 aliphatic heterocycles. The lowest BCUT2D eigenvalue weighted by Crippen LogP contribution is -2.27. The van der Waals surface area contributed by atoms with Crippen LogP contribution in [0.3, 0.4) is 0 Å². The van der Waals surface area contributed by atoms with Gasteiger partial charge >= 0.3 is 5.97 Å². The highest BCUT2D eigenvalue weighted by Gasteiger charge is 2.52. The summed E-state index contributed by atoms with van der Waals surface area (Å²) in [5.74, 6) is -1.29. The van der Waals surface area contributed by atoms with Crippen LogP contribution in [0.25, 0.3) is 0 Å². The van der Waals surface area contributed by atoms with Crippen LogP contribution in [0.15, 0.2) is 95.0 Å². The van der Waals surface area contributed by atoms with Crippen molar-refractivity contribution in [2.24, 2.45) is 11.1 Å². The van der Waals surface area contributed by atoms with Crippen LogP contribution in [-0.2, 0) is 33.7 Å². The summed E-state index contributed by atoms with van der Waals surface area (Å²) in [6, 6.07) is 26.4. The normalized spacial score (nSPS) is 23.9. The molecular weight excluding hydrogens is 542 g/mol. The maximum Gasteiger partial charge on any atom is 0.360 e. The Labute approximate surface area is 240 Å². The smallest absolute Gasteiger partial charge is 0.360 e. The second-order valence-corrected chi connectivity index (χ2v) is 13.1. The van der Waals surface area contributed by atoms with E-state index >= 15 is 0 Å². The SMILES string of the molecule is COC(=O)C(=NOCC1CCC2(C1)O[C@H](c1ccccc1)[C@@H](c1ccccc1)O2)c1ccc(S(=O)(=O)C2CC2)cc1. The van der Waals surface area contributed by atoms with E-state index in [4.69, 9.17) is 19.0 Å². The standard InChI is InChI=1S/C32H33NO7S/c1-37-31(34)28(23-12-14-26(15-13-23)41(35,36)27-16-17-27)33-38-21-22-18-19-32(20-22)39-29(24-8-4-2-5-9-24)30(40-32)25-10-6-3-7-11-25/h2-15,22,27,29-30H,16-21H2,1H3/t22?,29-,30-/m1/s1. The average Bonchev–Trinajstić information content (AvgIpc) is 3.72. The minimum absolute atomic E-state index is 0.0165. The van der Waals surface area contributed by atoms with E-state index < -0.39 is 21.6 Å². The molecule has 3 aromatic rings. The maximum atomic E-state index is 12.5. The Morgan fingerprint density at radius 1 is 0.878 bits per heavy atom. The summed E-state index contributed by atoms with van der Waals surface area (Å²) in [7, 11) is -2.06. The number of benzene rings is 3. The summed E-state index contributed by atoms with van der Waals surface area (Å²) in [5.41, 5.74) is 2.55. The number of nitrogens with zero attached hydrogens (tertiary/aromatic N) is 1. The van der Waals surface area contributed by atoms with Crippen LogP contribution in [0.2, 0.25) is 0 Å². The first-order chi connectivity index (χ1) is 19.9. The molecule has 3 aromatic carbocycles. The zero-order chi connectivity index (χ0) is 28.5. The third-order valence-corrected chi connectivity index (χ3v) is 10.3. The number of methoxy groups -OCH3 is 1. The van der Waals surface area contributed by atoms with Gasteiger partial charge < -0.3 is 19.0 Å². The van der Waals surface area contributed by atoms with Crippen molar-refractivity contribution in [2.45, 2.75) is 60.2 Å². The number of rotatable bonds is 9. The van der Waals surface area contributed by atoms with E-state index in [-0.39, 0.29) is 40.6 Å². The van der Waals surface area contributed by atoms with E-state index in [1.54, 1.807) is 12.1 Å². The van der Waals surface area contributed by atoms with E-state index in [1.807, 2.05) is 36.4 Å². The maximum absolute atomic E-state index is 12.5. The molecule has 1 spiro atoms. The number of hydrogen-bond donors (Lipinski definition) is 0. The molecule has 9 heteroatoms. The summed E-state index contributed by atoms with van der Waals surface area (Å²) in [4.78, 5) is 18.4. The van der Waals surface area contributed by atoms with Gasteiger partial charge in [0.15, 0.2) is 21.3 Å². The molecule has 0 N–H and O–H groups in total. The largest absolute Gasteiger partial charge is 0.464 e. The number of esters is 1. The number of carbonyl (C=O) groups is 1. The summed E-state index contributed by atoms with van der Waals surface area (Å²) in [6.07, 6.45) is 3.09. The van der Waals surface area contributed by atoms with Crippen LogP contribution < -0.4 is 0 Å². The van der Waals surface area contributed by atoms with Crippen molar-refractivity contribution in [1.82, 2.24) is 0 Å². The summed E-state index contributed by atoms with van der Waals surface area (Å²) in [6.45, 7) is 0.273. The molecule has 41 heavy (non-hydrogen) atoms. The fraction of sp³-hybridized carbons (Fsp3) is 0.375.